The maximum absolute atomic E-state index is 12.4. The molecule has 0 saturated carbocycles. The third-order valence-electron chi connectivity index (χ3n) is 3.82. The predicted molar refractivity (Wildman–Crippen MR) is 80.1 cm³/mol. The number of hydrogen-bond donors (Lipinski definition) is 2. The van der Waals surface area contributed by atoms with Crippen molar-refractivity contribution in [1.29, 1.82) is 0 Å². The molecule has 2 atom stereocenters. The Bertz CT molecular complexity index is 635. The molecule has 1 aromatic heterocycles. The van der Waals surface area contributed by atoms with E-state index in [2.05, 4.69) is 5.32 Å². The summed E-state index contributed by atoms with van der Waals surface area (Å²) in [7, 11) is 0. The van der Waals surface area contributed by atoms with E-state index in [1.54, 1.807) is 0 Å². The summed E-state index contributed by atoms with van der Waals surface area (Å²) >= 11 is 1.45. The number of benzene rings is 1. The number of aliphatic hydroxyl groups excluding tert-OH is 1. The average molecular weight is 287 g/mol. The van der Waals surface area contributed by atoms with E-state index in [1.807, 2.05) is 42.6 Å². The predicted octanol–water partition coefficient (Wildman–Crippen LogP) is 2.70. The minimum absolute atomic E-state index is 0.0856. The first-order chi connectivity index (χ1) is 9.70. The summed E-state index contributed by atoms with van der Waals surface area (Å²) in [6.45, 7) is 2.04. The summed E-state index contributed by atoms with van der Waals surface area (Å²) in [6.07, 6.45) is 0.906. The zero-order valence-electron chi connectivity index (χ0n) is 11.3. The van der Waals surface area contributed by atoms with Crippen LogP contribution in [-0.4, -0.2) is 17.1 Å². The van der Waals surface area contributed by atoms with Crippen LogP contribution in [0, 0.1) is 0 Å². The van der Waals surface area contributed by atoms with Crippen LogP contribution in [0.15, 0.2) is 35.7 Å². The zero-order valence-corrected chi connectivity index (χ0v) is 12.1. The van der Waals surface area contributed by atoms with Gasteiger partial charge < -0.3 is 10.4 Å². The van der Waals surface area contributed by atoms with E-state index in [4.69, 9.17) is 0 Å². The van der Waals surface area contributed by atoms with Gasteiger partial charge in [-0.25, -0.2) is 0 Å². The van der Waals surface area contributed by atoms with Gasteiger partial charge >= 0.3 is 0 Å². The van der Waals surface area contributed by atoms with Crippen LogP contribution in [0.25, 0.3) is 0 Å². The Kier molecular flexibility index (Phi) is 3.59. The number of aryl methyl sites for hydroxylation is 1. The largest absolute Gasteiger partial charge is 0.390 e. The van der Waals surface area contributed by atoms with Crippen molar-refractivity contribution in [2.24, 2.45) is 0 Å². The summed E-state index contributed by atoms with van der Waals surface area (Å²) in [5.41, 5.74) is 3.21. The summed E-state index contributed by atoms with van der Waals surface area (Å²) in [5, 5.41) is 15.1. The minimum Gasteiger partial charge on any atom is -0.390 e. The fraction of sp³-hybridized carbons (Fsp3) is 0.312. The highest BCUT2D eigenvalue weighted by atomic mass is 32.1. The Morgan fingerprint density at radius 2 is 2.20 bits per heavy atom. The third kappa shape index (κ3) is 2.25. The maximum Gasteiger partial charge on any atom is 0.262 e. The average Bonchev–Trinajstić information content (AvgIpc) is 3.04. The molecule has 0 saturated heterocycles. The van der Waals surface area contributed by atoms with E-state index < -0.39 is 6.10 Å². The molecule has 2 aromatic rings. The van der Waals surface area contributed by atoms with Gasteiger partial charge in [-0.15, -0.1) is 11.3 Å². The first kappa shape index (κ1) is 13.3. The van der Waals surface area contributed by atoms with Gasteiger partial charge in [-0.1, -0.05) is 31.2 Å². The van der Waals surface area contributed by atoms with Crippen molar-refractivity contribution in [2.75, 3.05) is 0 Å². The van der Waals surface area contributed by atoms with Gasteiger partial charge in [-0.3, -0.25) is 4.79 Å². The summed E-state index contributed by atoms with van der Waals surface area (Å²) in [6, 6.07) is 9.57. The normalized spacial score (nSPS) is 20.7. The molecule has 4 heteroatoms. The molecule has 0 fully saturated rings. The Morgan fingerprint density at radius 3 is 3.00 bits per heavy atom. The van der Waals surface area contributed by atoms with E-state index in [-0.39, 0.29) is 11.9 Å². The monoisotopic (exact) mass is 287 g/mol. The smallest absolute Gasteiger partial charge is 0.262 e. The topological polar surface area (TPSA) is 49.3 Å². The first-order valence-corrected chi connectivity index (χ1v) is 7.71. The van der Waals surface area contributed by atoms with Gasteiger partial charge in [0.05, 0.1) is 17.0 Å². The van der Waals surface area contributed by atoms with Crippen LogP contribution in [0.5, 0.6) is 0 Å². The van der Waals surface area contributed by atoms with Gasteiger partial charge in [0.15, 0.2) is 0 Å². The number of amides is 1. The molecule has 20 heavy (non-hydrogen) atoms. The molecule has 0 unspecified atom stereocenters. The molecule has 1 aliphatic rings. The van der Waals surface area contributed by atoms with Crippen molar-refractivity contribution < 1.29 is 9.90 Å². The lowest BCUT2D eigenvalue weighted by molar-refractivity contribution is 0.0861. The lowest BCUT2D eigenvalue weighted by Crippen LogP contribution is -2.33. The van der Waals surface area contributed by atoms with E-state index >= 15 is 0 Å². The lowest BCUT2D eigenvalue weighted by atomic mass is 10.1. The van der Waals surface area contributed by atoms with Crippen molar-refractivity contribution in [2.45, 2.75) is 31.9 Å². The highest BCUT2D eigenvalue weighted by molar-refractivity contribution is 7.12. The Hall–Kier alpha value is -1.65. The number of carbonyl (C=O) groups excluding carboxylic acids is 1. The SMILES string of the molecule is CCc1ccsc1C(=O)N[C@H]1c2ccccc2C[C@H]1O. The fourth-order valence-electron chi connectivity index (χ4n) is 2.77. The summed E-state index contributed by atoms with van der Waals surface area (Å²) in [4.78, 5) is 13.1. The molecule has 3 rings (SSSR count). The third-order valence-corrected chi connectivity index (χ3v) is 4.78. The Balaban J connectivity index is 1.83. The van der Waals surface area contributed by atoms with E-state index in [0.717, 1.165) is 28.0 Å². The van der Waals surface area contributed by atoms with E-state index in [0.29, 0.717) is 6.42 Å². The van der Waals surface area contributed by atoms with Crippen molar-refractivity contribution >= 4 is 17.2 Å². The van der Waals surface area contributed by atoms with Gasteiger partial charge in [0.25, 0.3) is 5.91 Å². The molecule has 3 nitrogen and oxygen atoms in total. The van der Waals surface area contributed by atoms with E-state index in [9.17, 15) is 9.90 Å². The molecule has 2 N–H and O–H groups in total. The number of fused-ring (bicyclic) bond motifs is 1. The van der Waals surface area contributed by atoms with Gasteiger partial charge in [-0.2, -0.15) is 0 Å². The molecule has 0 aliphatic heterocycles. The second-order valence-corrected chi connectivity index (χ2v) is 5.97. The molecule has 1 aromatic carbocycles. The van der Waals surface area contributed by atoms with Crippen molar-refractivity contribution in [3.8, 4) is 0 Å². The molecular formula is C16H17NO2S. The van der Waals surface area contributed by atoms with Gasteiger partial charge in [0, 0.05) is 6.42 Å². The Morgan fingerprint density at radius 1 is 1.40 bits per heavy atom. The zero-order chi connectivity index (χ0) is 14.1. The van der Waals surface area contributed by atoms with Crippen LogP contribution in [0.3, 0.4) is 0 Å². The number of nitrogens with one attached hydrogen (secondary N) is 1. The van der Waals surface area contributed by atoms with Gasteiger partial charge in [0.1, 0.15) is 0 Å². The second-order valence-electron chi connectivity index (χ2n) is 5.05. The summed E-state index contributed by atoms with van der Waals surface area (Å²) < 4.78 is 0. The van der Waals surface area contributed by atoms with Crippen LogP contribution < -0.4 is 5.32 Å². The molecule has 1 heterocycles. The standard InChI is InChI=1S/C16H17NO2S/c1-2-10-7-8-20-15(10)16(19)17-14-12-6-4-3-5-11(12)9-13(14)18/h3-8,13-14,18H,2,9H2,1H3,(H,17,19)/t13-,14+/m1/s1. The first-order valence-electron chi connectivity index (χ1n) is 6.83. The molecule has 104 valence electrons. The van der Waals surface area contributed by atoms with Crippen LogP contribution in [0.1, 0.15) is 39.3 Å². The molecule has 0 radical (unpaired) electrons. The van der Waals surface area contributed by atoms with Crippen LogP contribution in [0.2, 0.25) is 0 Å². The van der Waals surface area contributed by atoms with Crippen molar-refractivity contribution in [3.05, 3.63) is 57.3 Å². The van der Waals surface area contributed by atoms with Crippen LogP contribution in [-0.2, 0) is 12.8 Å². The molecule has 1 amide bonds. The number of thiophene rings is 1. The molecule has 1 aliphatic carbocycles. The number of hydrogen-bond acceptors (Lipinski definition) is 3. The number of aliphatic hydroxyl groups is 1. The fourth-order valence-corrected chi connectivity index (χ4v) is 3.67. The summed E-state index contributed by atoms with van der Waals surface area (Å²) in [5.74, 6) is -0.0856. The highest BCUT2D eigenvalue weighted by Gasteiger charge is 2.32. The lowest BCUT2D eigenvalue weighted by Gasteiger charge is -2.18. The number of rotatable bonds is 3. The molecular weight excluding hydrogens is 270 g/mol. The maximum atomic E-state index is 12.4. The van der Waals surface area contributed by atoms with Gasteiger partial charge in [-0.05, 0) is 34.6 Å². The molecule has 0 spiro atoms. The number of carbonyl (C=O) groups is 1. The van der Waals surface area contributed by atoms with Crippen LogP contribution in [0.4, 0.5) is 0 Å². The molecule has 0 bridgehead atoms. The second kappa shape index (κ2) is 5.38. The minimum atomic E-state index is -0.540. The van der Waals surface area contributed by atoms with E-state index in [1.165, 1.54) is 11.3 Å². The highest BCUT2D eigenvalue weighted by Crippen LogP contribution is 2.32. The van der Waals surface area contributed by atoms with Crippen molar-refractivity contribution in [1.82, 2.24) is 5.32 Å². The quantitative estimate of drug-likeness (QED) is 0.912. The van der Waals surface area contributed by atoms with Crippen molar-refractivity contribution in [3.63, 3.8) is 0 Å². The van der Waals surface area contributed by atoms with Gasteiger partial charge in [0.2, 0.25) is 0 Å². The Labute approximate surface area is 122 Å². The van der Waals surface area contributed by atoms with Crippen LogP contribution >= 0.6 is 11.3 Å².